The normalized spacial score (nSPS) is 11.2. The first kappa shape index (κ1) is 68.5. The summed E-state index contributed by atoms with van der Waals surface area (Å²) < 4.78 is 108. The van der Waals surface area contributed by atoms with Crippen molar-refractivity contribution in [1.82, 2.24) is 9.44 Å². The fraction of sp³-hybridized carbons (Fsp3) is 0.0617. The second-order valence-corrected chi connectivity index (χ2v) is 26.3. The van der Waals surface area contributed by atoms with Gasteiger partial charge in [-0.3, -0.25) is 19.2 Å². The third kappa shape index (κ3) is 17.1. The van der Waals surface area contributed by atoms with Crippen molar-refractivity contribution in [3.8, 4) is 80.5 Å². The molecular formula is C81H62N2O16S2. The fourth-order valence-electron chi connectivity index (χ4n) is 10.3. The summed E-state index contributed by atoms with van der Waals surface area (Å²) >= 11 is 0. The lowest BCUT2D eigenvalue weighted by Gasteiger charge is -2.16. The van der Waals surface area contributed by atoms with Crippen LogP contribution >= 0.6 is 0 Å². The lowest BCUT2D eigenvalue weighted by atomic mass is 10.0. The van der Waals surface area contributed by atoms with E-state index in [4.69, 9.17) is 37.9 Å². The van der Waals surface area contributed by atoms with Crippen molar-refractivity contribution in [3.05, 3.63) is 335 Å². The number of carbonyl (C=O) groups excluding carboxylic acids is 4. The molecule has 0 fully saturated rings. The van der Waals surface area contributed by atoms with Gasteiger partial charge in [-0.05, 0) is 232 Å². The largest absolute Gasteiger partial charge is 0.497 e. The number of sulfonamides is 2. The van der Waals surface area contributed by atoms with Crippen LogP contribution in [0.2, 0.25) is 0 Å². The summed E-state index contributed by atoms with van der Waals surface area (Å²) in [7, 11) is -6.41. The van der Waals surface area contributed by atoms with Crippen LogP contribution in [-0.4, -0.2) is 60.9 Å². The van der Waals surface area contributed by atoms with Crippen molar-refractivity contribution in [1.29, 1.82) is 0 Å². The highest BCUT2D eigenvalue weighted by atomic mass is 32.2. The van der Waals surface area contributed by atoms with Crippen molar-refractivity contribution in [2.75, 3.05) is 20.9 Å². The highest BCUT2D eigenvalue weighted by Crippen LogP contribution is 2.36. The van der Waals surface area contributed by atoms with Gasteiger partial charge in [0.1, 0.15) is 90.3 Å². The molecule has 0 spiro atoms. The smallest absolute Gasteiger partial charge is 0.245 e. The van der Waals surface area contributed by atoms with Gasteiger partial charge in [0.2, 0.25) is 20.0 Å². The van der Waals surface area contributed by atoms with E-state index in [1.54, 1.807) is 146 Å². The summed E-state index contributed by atoms with van der Waals surface area (Å²) in [5, 5.41) is 0. The fourth-order valence-corrected chi connectivity index (χ4v) is 12.5. The third-order valence-electron chi connectivity index (χ3n) is 15.8. The van der Waals surface area contributed by atoms with E-state index in [1.165, 1.54) is 99.1 Å². The van der Waals surface area contributed by atoms with Crippen molar-refractivity contribution in [3.63, 3.8) is 0 Å². The maximum absolute atomic E-state index is 14.0. The van der Waals surface area contributed by atoms with Gasteiger partial charge in [0.05, 0.1) is 20.9 Å². The van der Waals surface area contributed by atoms with Crippen molar-refractivity contribution < 1.29 is 73.9 Å². The highest BCUT2D eigenvalue weighted by Gasteiger charge is 2.26. The molecule has 0 unspecified atom stereocenters. The number of rotatable bonds is 28. The van der Waals surface area contributed by atoms with E-state index >= 15 is 0 Å². The minimum Gasteiger partial charge on any atom is -0.497 e. The Morgan fingerprint density at radius 1 is 0.257 bits per heavy atom. The first-order valence-corrected chi connectivity index (χ1v) is 34.3. The number of ketones is 4. The molecule has 504 valence electrons. The molecule has 12 aromatic carbocycles. The summed E-state index contributed by atoms with van der Waals surface area (Å²) in [6, 6.07) is 76.1. The van der Waals surface area contributed by atoms with Gasteiger partial charge in [-0.2, -0.15) is 9.44 Å². The molecule has 0 atom stereocenters. The molecule has 2 N–H and O–H groups in total. The van der Waals surface area contributed by atoms with Gasteiger partial charge >= 0.3 is 0 Å². The topological polar surface area (TPSA) is 234 Å². The molecule has 0 heterocycles. The molecule has 0 aromatic heterocycles. The van der Waals surface area contributed by atoms with Gasteiger partial charge in [-0.15, -0.1) is 0 Å². The molecule has 0 aliphatic carbocycles. The van der Waals surface area contributed by atoms with Crippen LogP contribution in [0.1, 0.15) is 74.8 Å². The zero-order valence-corrected chi connectivity index (χ0v) is 56.2. The lowest BCUT2D eigenvalue weighted by molar-refractivity contribution is 0.103. The molecule has 12 rings (SSSR count). The molecular weight excluding hydrogens is 1320 g/mol. The molecule has 0 saturated heterocycles. The first-order chi connectivity index (χ1) is 48.8. The maximum atomic E-state index is 14.0. The van der Waals surface area contributed by atoms with E-state index in [-0.39, 0.29) is 57.6 Å². The molecule has 0 aliphatic rings. The van der Waals surface area contributed by atoms with E-state index in [0.29, 0.717) is 90.5 Å². The minimum atomic E-state index is -4.55. The number of nitrogens with one attached hydrogen (secondary N) is 2. The Kier molecular flexibility index (Phi) is 20.7. The molecule has 20 heteroatoms. The quantitative estimate of drug-likeness (QED) is 0.0343. The SMILES string of the molecule is COc1ccc(Oc2ccc(C(=O)c3ccc(Oc4ccc(Oc5ccc(C(=O)c6ccc(C)cc6)cc5)cc4)cc3)cc2)c(S(=O)(=O)NCNS(=O)(=O)c2cc(OC)ccc2Oc2ccc(C(=O)c3ccc(Oc4ccc(Oc5ccc(C(=O)c6ccc(C)cc6)cc5)cc4)cc3)cc2)c1. The Bertz CT molecular complexity index is 4880. The van der Waals surface area contributed by atoms with Crippen molar-refractivity contribution >= 4 is 43.2 Å². The molecule has 0 saturated carbocycles. The molecule has 0 amide bonds. The standard InChI is InChI=1S/C81H62N2O16S2/c1-52-5-9-54(10-6-52)78(84)56-13-25-62(26-14-56)94-66-37-41-68(42-38-66)96-64-29-17-58(18-30-64)80(86)60-21-33-70(34-22-60)98-74-47-45-72(92-3)49-76(74)100(88,89)82-51-83-101(90,91)77-50-73(93-4)46-48-75(77)99-71-35-23-61(24-36-71)81(87)59-19-31-65(32-20-59)97-69-43-39-67(40-44-69)95-63-27-15-57(16-28-63)79(85)55-11-7-53(2)8-12-55/h5-50,82-83H,51H2,1-4H3. The summed E-state index contributed by atoms with van der Waals surface area (Å²) in [4.78, 5) is 52.3. The van der Waals surface area contributed by atoms with Crippen molar-refractivity contribution in [2.24, 2.45) is 0 Å². The van der Waals surface area contributed by atoms with Gasteiger partial charge in [0, 0.05) is 56.6 Å². The Balaban J connectivity index is 0.618. The van der Waals surface area contributed by atoms with E-state index in [1.807, 2.05) is 62.4 Å². The van der Waals surface area contributed by atoms with E-state index < -0.39 is 36.5 Å². The zero-order chi connectivity index (χ0) is 70.6. The molecule has 12 aromatic rings. The third-order valence-corrected chi connectivity index (χ3v) is 18.6. The highest BCUT2D eigenvalue weighted by molar-refractivity contribution is 7.90. The molecule has 18 nitrogen and oxygen atoms in total. The van der Waals surface area contributed by atoms with Gasteiger partial charge in [-0.25, -0.2) is 16.8 Å². The Morgan fingerprint density at radius 3 is 0.644 bits per heavy atom. The van der Waals surface area contributed by atoms with Gasteiger partial charge in [-0.1, -0.05) is 59.7 Å². The predicted octanol–water partition coefficient (Wildman–Crippen LogP) is 17.2. The van der Waals surface area contributed by atoms with Crippen LogP contribution in [-0.2, 0) is 20.0 Å². The Morgan fingerprint density at radius 2 is 0.436 bits per heavy atom. The summed E-state index contributed by atoms with van der Waals surface area (Å²) in [5.74, 6) is 3.87. The average Bonchev–Trinajstić information content (AvgIpc) is 0.800. The molecule has 0 bridgehead atoms. The molecule has 101 heavy (non-hydrogen) atoms. The second kappa shape index (κ2) is 30.5. The number of hydrogen-bond acceptors (Lipinski definition) is 16. The van der Waals surface area contributed by atoms with Gasteiger partial charge < -0.3 is 37.9 Å². The van der Waals surface area contributed by atoms with E-state index in [0.717, 1.165) is 11.1 Å². The zero-order valence-electron chi connectivity index (χ0n) is 54.6. The summed E-state index contributed by atoms with van der Waals surface area (Å²) in [6.07, 6.45) is 0. The number of ether oxygens (including phenoxy) is 8. The van der Waals surface area contributed by atoms with Crippen LogP contribution in [0, 0.1) is 13.8 Å². The van der Waals surface area contributed by atoms with Crippen LogP contribution in [0.15, 0.2) is 289 Å². The lowest BCUT2D eigenvalue weighted by Crippen LogP contribution is -2.37. The average molecular weight is 1380 g/mol. The Labute approximate surface area is 583 Å². The first-order valence-electron chi connectivity index (χ1n) is 31.4. The minimum absolute atomic E-state index is 0.0775. The number of methoxy groups -OCH3 is 2. The number of hydrogen-bond donors (Lipinski definition) is 2. The van der Waals surface area contributed by atoms with Gasteiger partial charge in [0.25, 0.3) is 0 Å². The number of aryl methyl sites for hydroxylation is 2. The predicted molar refractivity (Wildman–Crippen MR) is 380 cm³/mol. The Hall–Kier alpha value is -12.5. The van der Waals surface area contributed by atoms with Gasteiger partial charge in [0.15, 0.2) is 23.1 Å². The summed E-state index contributed by atoms with van der Waals surface area (Å²) in [5.41, 5.74) is 5.84. The van der Waals surface area contributed by atoms with E-state index in [2.05, 4.69) is 9.44 Å². The van der Waals surface area contributed by atoms with E-state index in [9.17, 15) is 36.0 Å². The maximum Gasteiger partial charge on any atom is 0.245 e. The summed E-state index contributed by atoms with van der Waals surface area (Å²) in [6.45, 7) is 3.11. The van der Waals surface area contributed by atoms with Crippen LogP contribution in [0.4, 0.5) is 0 Å². The second-order valence-electron chi connectivity index (χ2n) is 22.8. The number of carbonyl (C=O) groups is 4. The van der Waals surface area contributed by atoms with Crippen LogP contribution in [0.5, 0.6) is 80.5 Å². The number of benzene rings is 12. The monoisotopic (exact) mass is 1380 g/mol. The van der Waals surface area contributed by atoms with Crippen molar-refractivity contribution in [2.45, 2.75) is 23.6 Å². The van der Waals surface area contributed by atoms with Crippen LogP contribution in [0.3, 0.4) is 0 Å². The van der Waals surface area contributed by atoms with Crippen LogP contribution in [0.25, 0.3) is 0 Å². The molecule has 0 radical (unpaired) electrons. The molecule has 0 aliphatic heterocycles. The van der Waals surface area contributed by atoms with Crippen LogP contribution < -0.4 is 47.3 Å².